The average molecular weight is 334 g/mol. The van der Waals surface area contributed by atoms with Gasteiger partial charge in [-0.15, -0.1) is 0 Å². The normalized spacial score (nSPS) is 24.1. The molecule has 26 heavy (non-hydrogen) atoms. The predicted molar refractivity (Wildman–Crippen MR) is 101 cm³/mol. The molecule has 1 aliphatic carbocycles. The molecule has 2 nitrogen and oxygen atoms in total. The zero-order chi connectivity index (χ0) is 17.9. The summed E-state index contributed by atoms with van der Waals surface area (Å²) in [6.07, 6.45) is 0. The molecule has 2 heteroatoms. The first-order chi connectivity index (χ1) is 12.8. The molecule has 0 saturated carbocycles. The lowest BCUT2D eigenvalue weighted by atomic mass is 9.61. The predicted octanol–water partition coefficient (Wildman–Crippen LogP) is 5.24. The lowest BCUT2D eigenvalue weighted by Gasteiger charge is -2.39. The van der Waals surface area contributed by atoms with E-state index in [9.17, 15) is 10.5 Å². The van der Waals surface area contributed by atoms with Gasteiger partial charge in [0.2, 0.25) is 0 Å². The maximum absolute atomic E-state index is 10.0. The van der Waals surface area contributed by atoms with Gasteiger partial charge in [-0.3, -0.25) is 0 Å². The molecular weight excluding hydrogens is 316 g/mol. The SMILES string of the molecule is N#C[C@@H]1C(c2ccccc2)c2ccccc2C(c2ccccc2)[C@H]1C#N. The average Bonchev–Trinajstić information content (AvgIpc) is 2.73. The molecule has 4 atom stereocenters. The molecule has 0 fully saturated rings. The fourth-order valence-corrected chi connectivity index (χ4v) is 4.28. The summed E-state index contributed by atoms with van der Waals surface area (Å²) in [6, 6.07) is 33.4. The second-order valence-electron chi connectivity index (χ2n) is 6.72. The van der Waals surface area contributed by atoms with Crippen molar-refractivity contribution in [1.29, 1.82) is 10.5 Å². The zero-order valence-corrected chi connectivity index (χ0v) is 14.3. The van der Waals surface area contributed by atoms with Crippen molar-refractivity contribution in [3.63, 3.8) is 0 Å². The highest BCUT2D eigenvalue weighted by Crippen LogP contribution is 2.51. The molecule has 0 radical (unpaired) electrons. The maximum Gasteiger partial charge on any atom is 0.0740 e. The van der Waals surface area contributed by atoms with Crippen LogP contribution in [-0.2, 0) is 0 Å². The number of hydrogen-bond acceptors (Lipinski definition) is 2. The van der Waals surface area contributed by atoms with Gasteiger partial charge in [0.1, 0.15) is 0 Å². The minimum Gasteiger partial charge on any atom is -0.198 e. The molecule has 2 unspecified atom stereocenters. The molecule has 3 aromatic carbocycles. The van der Waals surface area contributed by atoms with Crippen LogP contribution in [0.25, 0.3) is 0 Å². The first-order valence-corrected chi connectivity index (χ1v) is 8.83. The Morgan fingerprint density at radius 2 is 0.846 bits per heavy atom. The van der Waals surface area contributed by atoms with Crippen molar-refractivity contribution in [2.24, 2.45) is 11.8 Å². The number of hydrogen-bond donors (Lipinski definition) is 0. The van der Waals surface area contributed by atoms with Crippen LogP contribution in [0.2, 0.25) is 0 Å². The van der Waals surface area contributed by atoms with E-state index in [-0.39, 0.29) is 23.7 Å². The van der Waals surface area contributed by atoms with Crippen molar-refractivity contribution in [2.75, 3.05) is 0 Å². The Hall–Kier alpha value is -3.36. The number of nitriles is 2. The maximum atomic E-state index is 10.0. The van der Waals surface area contributed by atoms with E-state index in [0.29, 0.717) is 0 Å². The summed E-state index contributed by atoms with van der Waals surface area (Å²) in [5, 5.41) is 20.0. The molecule has 0 bridgehead atoms. The smallest absolute Gasteiger partial charge is 0.0740 e. The van der Waals surface area contributed by atoms with Crippen molar-refractivity contribution in [3.8, 4) is 12.1 Å². The van der Waals surface area contributed by atoms with Gasteiger partial charge in [-0.25, -0.2) is 0 Å². The third kappa shape index (κ3) is 2.57. The zero-order valence-electron chi connectivity index (χ0n) is 14.3. The lowest BCUT2D eigenvalue weighted by Crippen LogP contribution is -2.33. The number of rotatable bonds is 2. The number of nitrogens with zero attached hydrogens (tertiary/aromatic N) is 2. The van der Waals surface area contributed by atoms with E-state index in [0.717, 1.165) is 22.3 Å². The van der Waals surface area contributed by atoms with Crippen molar-refractivity contribution >= 4 is 0 Å². The van der Waals surface area contributed by atoms with Crippen LogP contribution in [0.4, 0.5) is 0 Å². The first kappa shape index (κ1) is 16.1. The Balaban J connectivity index is 1.97. The molecule has 0 aromatic heterocycles. The molecular formula is C24H18N2. The summed E-state index contributed by atoms with van der Waals surface area (Å²) >= 11 is 0. The van der Waals surface area contributed by atoms with Crippen molar-refractivity contribution < 1.29 is 0 Å². The van der Waals surface area contributed by atoms with E-state index < -0.39 is 0 Å². The summed E-state index contributed by atoms with van der Waals surface area (Å²) in [4.78, 5) is 0. The fourth-order valence-electron chi connectivity index (χ4n) is 4.28. The molecule has 0 heterocycles. The number of benzene rings is 3. The Kier molecular flexibility index (Phi) is 4.26. The van der Waals surface area contributed by atoms with Gasteiger partial charge in [0.05, 0.1) is 24.0 Å². The first-order valence-electron chi connectivity index (χ1n) is 8.83. The lowest BCUT2D eigenvalue weighted by molar-refractivity contribution is 0.381. The second-order valence-corrected chi connectivity index (χ2v) is 6.72. The summed E-state index contributed by atoms with van der Waals surface area (Å²) in [5.41, 5.74) is 4.51. The van der Waals surface area contributed by atoms with Crippen LogP contribution in [0.5, 0.6) is 0 Å². The van der Waals surface area contributed by atoms with Gasteiger partial charge in [-0.2, -0.15) is 10.5 Å². The van der Waals surface area contributed by atoms with Crippen LogP contribution in [0.3, 0.4) is 0 Å². The van der Waals surface area contributed by atoms with Crippen LogP contribution >= 0.6 is 0 Å². The standard InChI is InChI=1S/C24H18N2/c25-15-21-22(16-26)24(18-11-5-2-6-12-18)20-14-8-7-13-19(20)23(21)17-9-3-1-4-10-17/h1-14,21-24H/t21-,22-,23?,24?/m0/s1. The van der Waals surface area contributed by atoms with Crippen LogP contribution < -0.4 is 0 Å². The van der Waals surface area contributed by atoms with Crippen molar-refractivity contribution in [1.82, 2.24) is 0 Å². The quantitative estimate of drug-likeness (QED) is 0.643. The van der Waals surface area contributed by atoms with E-state index in [1.54, 1.807) is 0 Å². The molecule has 3 aromatic rings. The molecule has 0 saturated heterocycles. The van der Waals surface area contributed by atoms with Crippen LogP contribution in [0, 0.1) is 34.5 Å². The second kappa shape index (κ2) is 6.87. The van der Waals surface area contributed by atoms with E-state index >= 15 is 0 Å². The Labute approximate surface area is 154 Å². The Morgan fingerprint density at radius 1 is 0.500 bits per heavy atom. The van der Waals surface area contributed by atoms with Gasteiger partial charge in [-0.05, 0) is 22.3 Å². The third-order valence-corrected chi connectivity index (χ3v) is 5.39. The minimum absolute atomic E-state index is 0.0815. The van der Waals surface area contributed by atoms with Gasteiger partial charge in [-0.1, -0.05) is 84.9 Å². The largest absolute Gasteiger partial charge is 0.198 e. The highest BCUT2D eigenvalue weighted by molar-refractivity contribution is 5.50. The molecule has 0 spiro atoms. The van der Waals surface area contributed by atoms with Gasteiger partial charge >= 0.3 is 0 Å². The van der Waals surface area contributed by atoms with Crippen molar-refractivity contribution in [2.45, 2.75) is 11.8 Å². The highest BCUT2D eigenvalue weighted by Gasteiger charge is 2.44. The van der Waals surface area contributed by atoms with E-state index in [1.807, 2.05) is 48.5 Å². The summed E-state index contributed by atoms with van der Waals surface area (Å²) in [5.74, 6) is -0.936. The van der Waals surface area contributed by atoms with Crippen molar-refractivity contribution in [3.05, 3.63) is 107 Å². The van der Waals surface area contributed by atoms with Gasteiger partial charge in [0.25, 0.3) is 0 Å². The molecule has 0 N–H and O–H groups in total. The number of fused-ring (bicyclic) bond motifs is 1. The van der Waals surface area contributed by atoms with Gasteiger partial charge < -0.3 is 0 Å². The third-order valence-electron chi connectivity index (χ3n) is 5.39. The molecule has 4 rings (SSSR count). The minimum atomic E-state index is -0.387. The topological polar surface area (TPSA) is 47.6 Å². The van der Waals surface area contributed by atoms with Crippen LogP contribution in [0.15, 0.2) is 84.9 Å². The molecule has 1 aliphatic rings. The summed E-state index contributed by atoms with van der Waals surface area (Å²) in [6.45, 7) is 0. The van der Waals surface area contributed by atoms with Gasteiger partial charge in [0.15, 0.2) is 0 Å². The molecule has 0 aliphatic heterocycles. The van der Waals surface area contributed by atoms with Crippen LogP contribution in [0.1, 0.15) is 34.1 Å². The molecule has 124 valence electrons. The van der Waals surface area contributed by atoms with E-state index in [2.05, 4.69) is 48.5 Å². The van der Waals surface area contributed by atoms with Gasteiger partial charge in [0, 0.05) is 11.8 Å². The summed E-state index contributed by atoms with van der Waals surface area (Å²) in [7, 11) is 0. The summed E-state index contributed by atoms with van der Waals surface area (Å²) < 4.78 is 0. The fraction of sp³-hybridized carbons (Fsp3) is 0.167. The Morgan fingerprint density at radius 3 is 1.19 bits per heavy atom. The Bertz CT molecular complexity index is 897. The highest BCUT2D eigenvalue weighted by atomic mass is 14.5. The van der Waals surface area contributed by atoms with E-state index in [4.69, 9.17) is 0 Å². The monoisotopic (exact) mass is 334 g/mol. The van der Waals surface area contributed by atoms with E-state index in [1.165, 1.54) is 0 Å². The molecule has 0 amide bonds. The van der Waals surface area contributed by atoms with Crippen LogP contribution in [-0.4, -0.2) is 0 Å².